The summed E-state index contributed by atoms with van der Waals surface area (Å²) in [5.74, 6) is 0. The van der Waals surface area contributed by atoms with Gasteiger partial charge in [-0.1, -0.05) is 79.9 Å². The standard InChI is InChI=1S/C16H25Br.N2/c1-2-3-4-5-6-7-8-9-11-15-12-10-13-16(17)14-15;1-2/h10,12-14H,2-9,11H2,1H3;. The van der Waals surface area contributed by atoms with Crippen molar-refractivity contribution in [3.05, 3.63) is 34.3 Å². The van der Waals surface area contributed by atoms with Crippen LogP contribution in [0.1, 0.15) is 63.9 Å². The molecule has 19 heavy (non-hydrogen) atoms. The van der Waals surface area contributed by atoms with Crippen molar-refractivity contribution in [3.8, 4) is 0 Å². The van der Waals surface area contributed by atoms with E-state index in [0.29, 0.717) is 0 Å². The Bertz CT molecular complexity index is 337. The van der Waals surface area contributed by atoms with E-state index in [-0.39, 0.29) is 0 Å². The van der Waals surface area contributed by atoms with E-state index in [1.165, 1.54) is 67.8 Å². The summed E-state index contributed by atoms with van der Waals surface area (Å²) in [6, 6.07) is 8.69. The second-order valence-electron chi connectivity index (χ2n) is 4.85. The zero-order valence-corrected chi connectivity index (χ0v) is 13.5. The Morgan fingerprint density at radius 2 is 1.47 bits per heavy atom. The first-order valence-corrected chi connectivity index (χ1v) is 8.06. The molecule has 1 aromatic carbocycles. The van der Waals surface area contributed by atoms with Crippen molar-refractivity contribution >= 4 is 15.9 Å². The van der Waals surface area contributed by atoms with Crippen molar-refractivity contribution in [2.75, 3.05) is 0 Å². The van der Waals surface area contributed by atoms with Gasteiger partial charge in [0.25, 0.3) is 0 Å². The summed E-state index contributed by atoms with van der Waals surface area (Å²) in [4.78, 5) is 0. The maximum atomic E-state index is 6.00. The predicted molar refractivity (Wildman–Crippen MR) is 83.9 cm³/mol. The summed E-state index contributed by atoms with van der Waals surface area (Å²) in [5.41, 5.74) is 1.46. The molecule has 0 aliphatic carbocycles. The van der Waals surface area contributed by atoms with Gasteiger partial charge >= 0.3 is 0 Å². The van der Waals surface area contributed by atoms with Crippen LogP contribution >= 0.6 is 15.9 Å². The number of aryl methyl sites for hydroxylation is 1. The van der Waals surface area contributed by atoms with E-state index in [2.05, 4.69) is 47.1 Å². The summed E-state index contributed by atoms with van der Waals surface area (Å²) in [7, 11) is 0. The van der Waals surface area contributed by atoms with E-state index in [1.54, 1.807) is 0 Å². The minimum absolute atomic E-state index is 1.20. The normalized spacial score (nSPS) is 9.68. The summed E-state index contributed by atoms with van der Waals surface area (Å²) in [5, 5.41) is 12.0. The van der Waals surface area contributed by atoms with Gasteiger partial charge in [-0.25, -0.2) is 0 Å². The van der Waals surface area contributed by atoms with Gasteiger partial charge in [0.05, 0.1) is 0 Å². The first kappa shape index (κ1) is 18.1. The summed E-state index contributed by atoms with van der Waals surface area (Å²) in [6.45, 7) is 2.28. The molecule has 0 aromatic heterocycles. The van der Waals surface area contributed by atoms with Gasteiger partial charge < -0.3 is 0 Å². The van der Waals surface area contributed by atoms with Crippen LogP contribution in [-0.4, -0.2) is 0 Å². The van der Waals surface area contributed by atoms with Crippen LogP contribution in [0.15, 0.2) is 28.7 Å². The van der Waals surface area contributed by atoms with Gasteiger partial charge in [-0.15, -0.1) is 0 Å². The number of benzene rings is 1. The lowest BCUT2D eigenvalue weighted by atomic mass is 10.0. The fourth-order valence-electron chi connectivity index (χ4n) is 2.16. The lowest BCUT2D eigenvalue weighted by molar-refractivity contribution is 0.575. The molecule has 0 heterocycles. The molecule has 0 amide bonds. The first-order chi connectivity index (χ1) is 9.33. The molecule has 0 aliphatic rings. The van der Waals surface area contributed by atoms with E-state index in [4.69, 9.17) is 10.8 Å². The SMILES string of the molecule is CCCCCCCCCCc1cccc(Br)c1.N#N. The van der Waals surface area contributed by atoms with E-state index >= 15 is 0 Å². The van der Waals surface area contributed by atoms with Crippen molar-refractivity contribution in [2.24, 2.45) is 0 Å². The number of hydrogen-bond donors (Lipinski definition) is 0. The highest BCUT2D eigenvalue weighted by molar-refractivity contribution is 9.10. The highest BCUT2D eigenvalue weighted by atomic mass is 79.9. The lowest BCUT2D eigenvalue weighted by Crippen LogP contribution is -1.86. The predicted octanol–water partition coefficient (Wildman–Crippen LogP) is 6.16. The Kier molecular flexibility index (Phi) is 12.9. The van der Waals surface area contributed by atoms with Gasteiger partial charge in [0, 0.05) is 15.3 Å². The average Bonchev–Trinajstić information content (AvgIpc) is 2.44. The highest BCUT2D eigenvalue weighted by Gasteiger charge is 1.95. The number of halogens is 1. The third-order valence-electron chi connectivity index (χ3n) is 3.21. The van der Waals surface area contributed by atoms with Crippen LogP contribution in [-0.2, 0) is 6.42 Å². The monoisotopic (exact) mass is 324 g/mol. The minimum atomic E-state index is 1.20. The van der Waals surface area contributed by atoms with Gasteiger partial charge in [0.2, 0.25) is 0 Å². The third-order valence-corrected chi connectivity index (χ3v) is 3.70. The smallest absolute Gasteiger partial charge is 0.0177 e. The minimum Gasteiger partial charge on any atom is -0.0654 e. The Labute approximate surface area is 126 Å². The molecule has 0 radical (unpaired) electrons. The maximum Gasteiger partial charge on any atom is 0.0177 e. The van der Waals surface area contributed by atoms with Gasteiger partial charge in [-0.05, 0) is 30.5 Å². The second kappa shape index (κ2) is 13.5. The number of unbranched alkanes of at least 4 members (excludes halogenated alkanes) is 7. The molecule has 3 heteroatoms. The van der Waals surface area contributed by atoms with Crippen LogP contribution in [0.25, 0.3) is 0 Å². The number of hydrogen-bond acceptors (Lipinski definition) is 2. The Balaban J connectivity index is 0.00000154. The average molecular weight is 325 g/mol. The van der Waals surface area contributed by atoms with E-state index < -0.39 is 0 Å². The van der Waals surface area contributed by atoms with Crippen molar-refractivity contribution in [3.63, 3.8) is 0 Å². The van der Waals surface area contributed by atoms with Crippen LogP contribution in [0, 0.1) is 10.8 Å². The molecule has 0 saturated carbocycles. The van der Waals surface area contributed by atoms with Crippen LogP contribution < -0.4 is 0 Å². The zero-order chi connectivity index (χ0) is 14.3. The van der Waals surface area contributed by atoms with Crippen molar-refractivity contribution < 1.29 is 0 Å². The summed E-state index contributed by atoms with van der Waals surface area (Å²) in [6.07, 6.45) is 12.4. The molecule has 0 aliphatic heterocycles. The fourth-order valence-corrected chi connectivity index (χ4v) is 2.60. The lowest BCUT2D eigenvalue weighted by Gasteiger charge is -2.03. The van der Waals surface area contributed by atoms with Gasteiger partial charge in [-0.3, -0.25) is 0 Å². The Morgan fingerprint density at radius 1 is 0.895 bits per heavy atom. The molecule has 0 atom stereocenters. The topological polar surface area (TPSA) is 47.6 Å². The molecular formula is C16H25BrN2. The Morgan fingerprint density at radius 3 is 2.05 bits per heavy atom. The fraction of sp³-hybridized carbons (Fsp3) is 0.625. The quantitative estimate of drug-likeness (QED) is 0.403. The molecule has 1 rings (SSSR count). The van der Waals surface area contributed by atoms with Crippen LogP contribution in [0.5, 0.6) is 0 Å². The largest absolute Gasteiger partial charge is 0.0654 e. The molecule has 0 spiro atoms. The van der Waals surface area contributed by atoms with Gasteiger partial charge in [-0.2, -0.15) is 0 Å². The maximum absolute atomic E-state index is 6.00. The molecule has 0 bridgehead atoms. The van der Waals surface area contributed by atoms with Crippen LogP contribution in [0.2, 0.25) is 0 Å². The van der Waals surface area contributed by atoms with E-state index in [9.17, 15) is 0 Å². The molecule has 2 nitrogen and oxygen atoms in total. The summed E-state index contributed by atoms with van der Waals surface area (Å²) < 4.78 is 1.20. The molecule has 0 saturated heterocycles. The Hall–Kier alpha value is -0.880. The third kappa shape index (κ3) is 10.7. The number of nitrogens with zero attached hydrogens (tertiary/aromatic N) is 2. The van der Waals surface area contributed by atoms with Gasteiger partial charge in [0.1, 0.15) is 0 Å². The van der Waals surface area contributed by atoms with E-state index in [1.807, 2.05) is 0 Å². The van der Waals surface area contributed by atoms with Crippen molar-refractivity contribution in [1.82, 2.24) is 0 Å². The van der Waals surface area contributed by atoms with Crippen LogP contribution in [0.4, 0.5) is 0 Å². The second-order valence-corrected chi connectivity index (χ2v) is 5.77. The molecular weight excluding hydrogens is 300 g/mol. The van der Waals surface area contributed by atoms with E-state index in [0.717, 1.165) is 0 Å². The highest BCUT2D eigenvalue weighted by Crippen LogP contribution is 2.15. The van der Waals surface area contributed by atoms with Crippen molar-refractivity contribution in [2.45, 2.75) is 64.7 Å². The first-order valence-electron chi connectivity index (χ1n) is 7.27. The zero-order valence-electron chi connectivity index (χ0n) is 11.9. The van der Waals surface area contributed by atoms with Crippen molar-refractivity contribution in [1.29, 1.82) is 10.8 Å². The molecule has 0 N–H and O–H groups in total. The summed E-state index contributed by atoms with van der Waals surface area (Å²) >= 11 is 3.52. The molecule has 0 fully saturated rings. The molecule has 106 valence electrons. The van der Waals surface area contributed by atoms with Crippen LogP contribution in [0.3, 0.4) is 0 Å². The van der Waals surface area contributed by atoms with Gasteiger partial charge in [0.15, 0.2) is 0 Å². The number of rotatable bonds is 9. The molecule has 1 aromatic rings. The molecule has 0 unspecified atom stereocenters.